The number of fused-ring (bicyclic) bond motifs is 2. The molecule has 0 saturated heterocycles. The lowest BCUT2D eigenvalue weighted by Crippen LogP contribution is -2.37. The molecular weight excluding hydrogens is 782 g/mol. The average molecular weight is 833 g/mol. The molecule has 2 aliphatic heterocycles. The number of benzene rings is 4. The molecule has 0 aliphatic carbocycles. The Balaban J connectivity index is 0.000000972. The SMILES string of the molecule is CC(C)NCCN1C(=O)c2ccccc2C1c1cc(C#N)ccc1N.CC(C)NCCN1C(=O)c2ccccc2C1c1cc(C#N)ccc1N.Cl.Cl.Cl.Cl.O. The van der Waals surface area contributed by atoms with Crippen LogP contribution in [-0.2, 0) is 0 Å². The molecule has 296 valence electrons. The number of hydrogen-bond donors (Lipinski definition) is 4. The van der Waals surface area contributed by atoms with E-state index in [1.807, 2.05) is 58.3 Å². The summed E-state index contributed by atoms with van der Waals surface area (Å²) < 4.78 is 0. The first-order valence-electron chi connectivity index (χ1n) is 16.9. The normalized spacial score (nSPS) is 14.7. The summed E-state index contributed by atoms with van der Waals surface area (Å²) in [5.41, 5.74) is 19.6. The number of carbonyl (C=O) groups is 2. The highest BCUT2D eigenvalue weighted by Crippen LogP contribution is 2.42. The van der Waals surface area contributed by atoms with Crippen LogP contribution in [0, 0.1) is 22.7 Å². The fourth-order valence-corrected chi connectivity index (χ4v) is 6.58. The minimum Gasteiger partial charge on any atom is -0.412 e. The van der Waals surface area contributed by atoms with Gasteiger partial charge < -0.3 is 37.4 Å². The van der Waals surface area contributed by atoms with Gasteiger partial charge in [-0.05, 0) is 59.7 Å². The zero-order valence-corrected chi connectivity index (χ0v) is 34.4. The number of hydrogen-bond acceptors (Lipinski definition) is 8. The first-order chi connectivity index (χ1) is 24.0. The molecule has 0 spiro atoms. The summed E-state index contributed by atoms with van der Waals surface area (Å²) >= 11 is 0. The third-order valence-corrected chi connectivity index (χ3v) is 8.95. The smallest absolute Gasteiger partial charge is 0.255 e. The summed E-state index contributed by atoms with van der Waals surface area (Å²) in [7, 11) is 0. The maximum absolute atomic E-state index is 12.9. The van der Waals surface area contributed by atoms with Gasteiger partial charge in [-0.1, -0.05) is 64.1 Å². The predicted molar refractivity (Wildman–Crippen MR) is 229 cm³/mol. The molecule has 55 heavy (non-hydrogen) atoms. The maximum Gasteiger partial charge on any atom is 0.255 e. The van der Waals surface area contributed by atoms with Crippen LogP contribution in [0.1, 0.15) is 93.9 Å². The van der Waals surface area contributed by atoms with E-state index in [9.17, 15) is 20.1 Å². The van der Waals surface area contributed by atoms with Crippen LogP contribution in [0.4, 0.5) is 11.4 Å². The molecule has 2 atom stereocenters. The van der Waals surface area contributed by atoms with Crippen LogP contribution in [0.3, 0.4) is 0 Å². The van der Waals surface area contributed by atoms with E-state index in [1.165, 1.54) is 0 Å². The quantitative estimate of drug-likeness (QED) is 0.135. The van der Waals surface area contributed by atoms with Crippen LogP contribution < -0.4 is 22.1 Å². The van der Waals surface area contributed by atoms with E-state index in [0.29, 0.717) is 71.9 Å². The molecule has 0 saturated carbocycles. The highest BCUT2D eigenvalue weighted by molar-refractivity contribution is 6.00. The Labute approximate surface area is 348 Å². The second kappa shape index (κ2) is 22.7. The Morgan fingerprint density at radius 1 is 0.600 bits per heavy atom. The van der Waals surface area contributed by atoms with Gasteiger partial charge in [0.05, 0.1) is 35.3 Å². The van der Waals surface area contributed by atoms with Crippen molar-refractivity contribution in [3.8, 4) is 12.1 Å². The minimum atomic E-state index is -0.258. The van der Waals surface area contributed by atoms with Crippen molar-refractivity contribution < 1.29 is 15.1 Å². The number of nitriles is 2. The van der Waals surface area contributed by atoms with E-state index in [1.54, 1.807) is 36.4 Å². The Kier molecular flexibility index (Phi) is 20.8. The largest absolute Gasteiger partial charge is 0.412 e. The molecule has 4 aromatic rings. The van der Waals surface area contributed by atoms with Gasteiger partial charge in [0.25, 0.3) is 11.8 Å². The molecule has 0 fully saturated rings. The van der Waals surface area contributed by atoms with Gasteiger partial charge in [-0.25, -0.2) is 0 Å². The van der Waals surface area contributed by atoms with Crippen molar-refractivity contribution in [1.29, 1.82) is 10.5 Å². The van der Waals surface area contributed by atoms with Gasteiger partial charge in [-0.2, -0.15) is 10.5 Å². The Morgan fingerprint density at radius 2 is 0.945 bits per heavy atom. The van der Waals surface area contributed by atoms with Crippen LogP contribution in [0.5, 0.6) is 0 Å². The summed E-state index contributed by atoms with van der Waals surface area (Å²) in [6.45, 7) is 10.9. The van der Waals surface area contributed by atoms with Crippen LogP contribution in [-0.4, -0.2) is 65.4 Å². The van der Waals surface area contributed by atoms with E-state index in [-0.39, 0.29) is 79.0 Å². The third-order valence-electron chi connectivity index (χ3n) is 8.95. The number of amides is 2. The predicted octanol–water partition coefficient (Wildman–Crippen LogP) is 6.23. The van der Waals surface area contributed by atoms with Gasteiger partial charge in [0.1, 0.15) is 0 Å². The van der Waals surface area contributed by atoms with Crippen molar-refractivity contribution in [3.63, 3.8) is 0 Å². The Morgan fingerprint density at radius 3 is 1.27 bits per heavy atom. The van der Waals surface area contributed by atoms with Gasteiger partial charge in [0.2, 0.25) is 0 Å². The topological polar surface area (TPSA) is 196 Å². The lowest BCUT2D eigenvalue weighted by atomic mass is 9.95. The summed E-state index contributed by atoms with van der Waals surface area (Å²) in [6, 6.07) is 30.2. The summed E-state index contributed by atoms with van der Waals surface area (Å²) in [5.74, 6) is 0.0147. The lowest BCUT2D eigenvalue weighted by molar-refractivity contribution is 0.0743. The number of halogens is 4. The second-order valence-electron chi connectivity index (χ2n) is 13.1. The van der Waals surface area contributed by atoms with Crippen LogP contribution >= 0.6 is 49.6 Å². The maximum atomic E-state index is 12.9. The van der Waals surface area contributed by atoms with Crippen molar-refractivity contribution in [3.05, 3.63) is 129 Å². The fraction of sp³-hybridized carbons (Fsp3) is 0.300. The van der Waals surface area contributed by atoms with Crippen molar-refractivity contribution in [2.75, 3.05) is 37.6 Å². The molecule has 6 rings (SSSR count). The van der Waals surface area contributed by atoms with Crippen LogP contribution in [0.2, 0.25) is 0 Å². The number of nitrogen functional groups attached to an aromatic ring is 2. The lowest BCUT2D eigenvalue weighted by Gasteiger charge is -2.27. The molecular formula is C40H50Cl4N8O3. The highest BCUT2D eigenvalue weighted by Gasteiger charge is 2.39. The average Bonchev–Trinajstić information content (AvgIpc) is 3.55. The highest BCUT2D eigenvalue weighted by atomic mass is 35.5. The van der Waals surface area contributed by atoms with Gasteiger partial charge in [0, 0.05) is 71.9 Å². The van der Waals surface area contributed by atoms with Gasteiger partial charge in [0.15, 0.2) is 0 Å². The number of nitrogens with zero attached hydrogens (tertiary/aromatic N) is 4. The first-order valence-corrected chi connectivity index (χ1v) is 16.9. The first kappa shape index (κ1) is 50.4. The molecule has 11 nitrogen and oxygen atoms in total. The van der Waals surface area contributed by atoms with E-state index in [2.05, 4.69) is 50.5 Å². The number of rotatable bonds is 10. The standard InChI is InChI=1S/2C20H22N4O.4ClH.H2O/c2*1-13(2)23-9-10-24-19(15-5-3-4-6-16(15)20(24)25)17-11-14(12-21)7-8-18(17)22;;;;;/h2*3-8,11,13,19,23H,9-10,22H2,1-2H3;4*1H;1H2. The second-order valence-corrected chi connectivity index (χ2v) is 13.1. The van der Waals surface area contributed by atoms with Gasteiger partial charge in [-0.15, -0.1) is 49.6 Å². The fourth-order valence-electron chi connectivity index (χ4n) is 6.58. The van der Waals surface area contributed by atoms with Crippen molar-refractivity contribution >= 4 is 72.8 Å². The van der Waals surface area contributed by atoms with Gasteiger partial charge >= 0.3 is 0 Å². The van der Waals surface area contributed by atoms with E-state index in [4.69, 9.17) is 11.5 Å². The Hall–Kier alpha value is -4.56. The van der Waals surface area contributed by atoms with Crippen LogP contribution in [0.15, 0.2) is 84.9 Å². The molecule has 2 amide bonds. The van der Waals surface area contributed by atoms with E-state index in [0.717, 1.165) is 22.3 Å². The minimum absolute atomic E-state index is 0. The van der Waals surface area contributed by atoms with E-state index >= 15 is 0 Å². The molecule has 2 heterocycles. The molecule has 4 aromatic carbocycles. The van der Waals surface area contributed by atoms with Crippen LogP contribution in [0.25, 0.3) is 0 Å². The molecule has 0 radical (unpaired) electrons. The zero-order chi connectivity index (χ0) is 35.9. The Bertz CT molecular complexity index is 1840. The van der Waals surface area contributed by atoms with Crippen molar-refractivity contribution in [1.82, 2.24) is 20.4 Å². The van der Waals surface area contributed by atoms with Gasteiger partial charge in [-0.3, -0.25) is 9.59 Å². The summed E-state index contributed by atoms with van der Waals surface area (Å²) in [5, 5.41) is 25.2. The van der Waals surface area contributed by atoms with Crippen molar-refractivity contribution in [2.45, 2.75) is 51.9 Å². The number of nitrogens with one attached hydrogen (secondary N) is 2. The van der Waals surface area contributed by atoms with E-state index < -0.39 is 0 Å². The monoisotopic (exact) mass is 830 g/mol. The number of carbonyl (C=O) groups excluding carboxylic acids is 2. The molecule has 2 unspecified atom stereocenters. The third kappa shape index (κ3) is 11.3. The summed E-state index contributed by atoms with van der Waals surface area (Å²) in [6.07, 6.45) is 0. The summed E-state index contributed by atoms with van der Waals surface area (Å²) in [4.78, 5) is 29.5. The van der Waals surface area contributed by atoms with Crippen molar-refractivity contribution in [2.24, 2.45) is 0 Å². The zero-order valence-electron chi connectivity index (χ0n) is 31.1. The number of nitrogens with two attached hydrogens (primary N) is 2. The molecule has 8 N–H and O–H groups in total. The molecule has 15 heteroatoms. The molecule has 0 aromatic heterocycles. The molecule has 0 bridgehead atoms. The molecule has 2 aliphatic rings. The number of anilines is 2.